The minimum atomic E-state index is 0.352. The summed E-state index contributed by atoms with van der Waals surface area (Å²) in [7, 11) is 0. The molecule has 0 aliphatic rings. The zero-order chi connectivity index (χ0) is 13.2. The SMILES string of the molecule is CC(C)C(Nc1cc(Cl)c(Cl)cc1Cl)C(C)C. The Morgan fingerprint density at radius 2 is 1.29 bits per heavy atom. The van der Waals surface area contributed by atoms with Gasteiger partial charge >= 0.3 is 0 Å². The van der Waals surface area contributed by atoms with E-state index in [4.69, 9.17) is 34.8 Å². The van der Waals surface area contributed by atoms with Gasteiger partial charge in [0, 0.05) is 6.04 Å². The highest BCUT2D eigenvalue weighted by molar-refractivity contribution is 6.44. The number of hydrogen-bond acceptors (Lipinski definition) is 1. The molecule has 0 aliphatic carbocycles. The van der Waals surface area contributed by atoms with Crippen LogP contribution < -0.4 is 5.32 Å². The van der Waals surface area contributed by atoms with Crippen LogP contribution in [0, 0.1) is 11.8 Å². The van der Waals surface area contributed by atoms with Gasteiger partial charge < -0.3 is 5.32 Å². The molecule has 96 valence electrons. The van der Waals surface area contributed by atoms with Gasteiger partial charge in [-0.25, -0.2) is 0 Å². The summed E-state index contributed by atoms with van der Waals surface area (Å²) in [6, 6.07) is 3.81. The molecule has 0 radical (unpaired) electrons. The van der Waals surface area contributed by atoms with E-state index >= 15 is 0 Å². The third-order valence-electron chi connectivity index (χ3n) is 2.77. The molecule has 0 atom stereocenters. The third kappa shape index (κ3) is 3.94. The van der Waals surface area contributed by atoms with Gasteiger partial charge in [0.1, 0.15) is 0 Å². The van der Waals surface area contributed by atoms with Gasteiger partial charge in [-0.05, 0) is 24.0 Å². The quantitative estimate of drug-likeness (QED) is 0.698. The molecular weight excluding hydrogens is 277 g/mol. The van der Waals surface area contributed by atoms with Gasteiger partial charge in [0.05, 0.1) is 20.8 Å². The fraction of sp³-hybridized carbons (Fsp3) is 0.538. The van der Waals surface area contributed by atoms with E-state index in [1.54, 1.807) is 12.1 Å². The largest absolute Gasteiger partial charge is 0.381 e. The lowest BCUT2D eigenvalue weighted by molar-refractivity contribution is 0.413. The molecule has 0 unspecified atom stereocenters. The lowest BCUT2D eigenvalue weighted by Crippen LogP contribution is -2.31. The predicted octanol–water partition coefficient (Wildman–Crippen LogP) is 5.74. The summed E-state index contributed by atoms with van der Waals surface area (Å²) in [5.74, 6) is 1.03. The zero-order valence-electron chi connectivity index (χ0n) is 10.5. The van der Waals surface area contributed by atoms with E-state index in [0.717, 1.165) is 5.69 Å². The molecule has 1 aromatic carbocycles. The number of nitrogens with one attached hydrogen (secondary N) is 1. The summed E-state index contributed by atoms with van der Waals surface area (Å²) in [5.41, 5.74) is 0.841. The topological polar surface area (TPSA) is 12.0 Å². The van der Waals surface area contributed by atoms with Crippen LogP contribution in [0.3, 0.4) is 0 Å². The summed E-state index contributed by atoms with van der Waals surface area (Å²) in [6.07, 6.45) is 0. The number of benzene rings is 1. The van der Waals surface area contributed by atoms with Crippen LogP contribution in [0.2, 0.25) is 15.1 Å². The first-order valence-electron chi connectivity index (χ1n) is 5.74. The van der Waals surface area contributed by atoms with Crippen molar-refractivity contribution >= 4 is 40.5 Å². The van der Waals surface area contributed by atoms with Crippen molar-refractivity contribution in [2.75, 3.05) is 5.32 Å². The molecule has 0 saturated heterocycles. The predicted molar refractivity (Wildman–Crippen MR) is 78.6 cm³/mol. The van der Waals surface area contributed by atoms with Gasteiger partial charge in [-0.2, -0.15) is 0 Å². The average Bonchev–Trinajstić information content (AvgIpc) is 2.20. The second-order valence-electron chi connectivity index (χ2n) is 4.90. The summed E-state index contributed by atoms with van der Waals surface area (Å²) in [4.78, 5) is 0. The van der Waals surface area contributed by atoms with Gasteiger partial charge in [0.15, 0.2) is 0 Å². The van der Waals surface area contributed by atoms with Crippen molar-refractivity contribution in [3.8, 4) is 0 Å². The lowest BCUT2D eigenvalue weighted by Gasteiger charge is -2.27. The minimum absolute atomic E-state index is 0.352. The molecule has 4 heteroatoms. The number of anilines is 1. The maximum atomic E-state index is 6.15. The Bertz CT molecular complexity index is 380. The first kappa shape index (κ1) is 14.9. The van der Waals surface area contributed by atoms with Gasteiger partial charge in [0.25, 0.3) is 0 Å². The summed E-state index contributed by atoms with van der Waals surface area (Å²) >= 11 is 18.1. The molecule has 1 nitrogen and oxygen atoms in total. The van der Waals surface area contributed by atoms with E-state index in [2.05, 4.69) is 33.0 Å². The fourth-order valence-corrected chi connectivity index (χ4v) is 2.52. The summed E-state index contributed by atoms with van der Waals surface area (Å²) in [5, 5.41) is 5.04. The number of rotatable bonds is 4. The zero-order valence-corrected chi connectivity index (χ0v) is 12.8. The molecule has 0 heterocycles. The minimum Gasteiger partial charge on any atom is -0.381 e. The van der Waals surface area contributed by atoms with Crippen LogP contribution in [0.25, 0.3) is 0 Å². The van der Waals surface area contributed by atoms with Crippen molar-refractivity contribution in [3.05, 3.63) is 27.2 Å². The Hall–Kier alpha value is -0.110. The van der Waals surface area contributed by atoms with Gasteiger partial charge in [-0.15, -0.1) is 0 Å². The van der Waals surface area contributed by atoms with Crippen molar-refractivity contribution in [3.63, 3.8) is 0 Å². The van der Waals surface area contributed by atoms with Crippen LogP contribution in [0.4, 0.5) is 5.69 Å². The highest BCUT2D eigenvalue weighted by Crippen LogP contribution is 2.33. The van der Waals surface area contributed by atoms with E-state index < -0.39 is 0 Å². The molecule has 0 spiro atoms. The second kappa shape index (κ2) is 6.17. The molecule has 0 fully saturated rings. The molecule has 1 rings (SSSR count). The van der Waals surface area contributed by atoms with Crippen LogP contribution in [-0.4, -0.2) is 6.04 Å². The van der Waals surface area contributed by atoms with Crippen molar-refractivity contribution in [1.82, 2.24) is 0 Å². The van der Waals surface area contributed by atoms with Crippen molar-refractivity contribution < 1.29 is 0 Å². The smallest absolute Gasteiger partial charge is 0.0653 e. The van der Waals surface area contributed by atoms with Crippen molar-refractivity contribution in [2.24, 2.45) is 11.8 Å². The molecule has 0 aromatic heterocycles. The molecule has 1 N–H and O–H groups in total. The van der Waals surface area contributed by atoms with Gasteiger partial charge in [-0.1, -0.05) is 62.5 Å². The molecule has 0 aliphatic heterocycles. The Kier molecular flexibility index (Phi) is 5.43. The third-order valence-corrected chi connectivity index (χ3v) is 3.80. The lowest BCUT2D eigenvalue weighted by atomic mass is 9.93. The molecular formula is C13H18Cl3N. The molecule has 17 heavy (non-hydrogen) atoms. The molecule has 1 aromatic rings. The van der Waals surface area contributed by atoms with Crippen molar-refractivity contribution in [2.45, 2.75) is 33.7 Å². The highest BCUT2D eigenvalue weighted by atomic mass is 35.5. The van der Waals surface area contributed by atoms with E-state index in [0.29, 0.717) is 32.9 Å². The Labute approximate surface area is 118 Å². The van der Waals surface area contributed by atoms with Crippen LogP contribution in [-0.2, 0) is 0 Å². The molecule has 0 saturated carbocycles. The van der Waals surface area contributed by atoms with Crippen LogP contribution >= 0.6 is 34.8 Å². The monoisotopic (exact) mass is 293 g/mol. The van der Waals surface area contributed by atoms with Gasteiger partial charge in [0.2, 0.25) is 0 Å². The van der Waals surface area contributed by atoms with Crippen LogP contribution in [0.1, 0.15) is 27.7 Å². The maximum Gasteiger partial charge on any atom is 0.0653 e. The van der Waals surface area contributed by atoms with Crippen molar-refractivity contribution in [1.29, 1.82) is 0 Å². The number of halogens is 3. The van der Waals surface area contributed by atoms with Crippen LogP contribution in [0.15, 0.2) is 12.1 Å². The molecule has 0 bridgehead atoms. The summed E-state index contributed by atoms with van der Waals surface area (Å²) < 4.78 is 0. The Morgan fingerprint density at radius 3 is 1.76 bits per heavy atom. The van der Waals surface area contributed by atoms with E-state index in [1.165, 1.54) is 0 Å². The first-order chi connectivity index (χ1) is 7.82. The van der Waals surface area contributed by atoms with E-state index in [-0.39, 0.29) is 0 Å². The normalized spacial score (nSPS) is 11.6. The van der Waals surface area contributed by atoms with Gasteiger partial charge in [-0.3, -0.25) is 0 Å². The summed E-state index contributed by atoms with van der Waals surface area (Å²) in [6.45, 7) is 8.73. The highest BCUT2D eigenvalue weighted by Gasteiger charge is 2.18. The second-order valence-corrected chi connectivity index (χ2v) is 6.13. The first-order valence-corrected chi connectivity index (χ1v) is 6.87. The molecule has 0 amide bonds. The average molecular weight is 295 g/mol. The Balaban J connectivity index is 2.97. The van der Waals surface area contributed by atoms with E-state index in [1.807, 2.05) is 0 Å². The van der Waals surface area contributed by atoms with Crippen LogP contribution in [0.5, 0.6) is 0 Å². The number of hydrogen-bond donors (Lipinski definition) is 1. The maximum absolute atomic E-state index is 6.15. The van der Waals surface area contributed by atoms with E-state index in [9.17, 15) is 0 Å². The Morgan fingerprint density at radius 1 is 0.824 bits per heavy atom. The standard InChI is InChI=1S/C13H18Cl3N/c1-7(2)13(8(3)4)17-12-6-10(15)9(14)5-11(12)16/h5-8,13,17H,1-4H3. The fourth-order valence-electron chi connectivity index (χ4n) is 1.92.